The van der Waals surface area contributed by atoms with E-state index in [1.807, 2.05) is 0 Å². The highest BCUT2D eigenvalue weighted by atomic mass is 14.5. The lowest BCUT2D eigenvalue weighted by atomic mass is 9.52. The Morgan fingerprint density at radius 2 is 0.967 bits per heavy atom. The number of allylic oxidation sites excluding steroid dienone is 4. The summed E-state index contributed by atoms with van der Waals surface area (Å²) < 4.78 is 0. The molecular weight excluding hydrogens is 360 g/mol. The fraction of sp³-hybridized carbons (Fsp3) is 0.267. The molecule has 0 radical (unpaired) electrons. The van der Waals surface area contributed by atoms with Crippen molar-refractivity contribution in [2.24, 2.45) is 5.41 Å². The minimum atomic E-state index is -0.282. The number of hydrogen-bond donors (Lipinski definition) is 0. The summed E-state index contributed by atoms with van der Waals surface area (Å²) in [6, 6.07) is 27.5. The molecule has 152 valence electrons. The molecule has 30 heavy (non-hydrogen) atoms. The second kappa shape index (κ2) is 7.76. The summed E-state index contributed by atoms with van der Waals surface area (Å²) in [5.74, 6) is 0. The van der Waals surface area contributed by atoms with Crippen LogP contribution in [-0.2, 0) is 5.41 Å². The zero-order valence-electron chi connectivity index (χ0n) is 18.9. The summed E-state index contributed by atoms with van der Waals surface area (Å²) in [4.78, 5) is 0. The fourth-order valence-electron chi connectivity index (χ4n) is 5.00. The van der Waals surface area contributed by atoms with Gasteiger partial charge < -0.3 is 0 Å². The molecule has 3 aromatic carbocycles. The molecule has 0 aromatic heterocycles. The summed E-state index contributed by atoms with van der Waals surface area (Å²) in [5, 5.41) is 0. The van der Waals surface area contributed by atoms with E-state index in [0.29, 0.717) is 0 Å². The van der Waals surface area contributed by atoms with Crippen LogP contribution < -0.4 is 0 Å². The second-order valence-corrected chi connectivity index (χ2v) is 9.25. The average molecular weight is 393 g/mol. The molecule has 1 atom stereocenters. The van der Waals surface area contributed by atoms with Gasteiger partial charge in [-0.2, -0.15) is 0 Å². The van der Waals surface area contributed by atoms with Gasteiger partial charge in [-0.25, -0.2) is 0 Å². The SMILES string of the molecule is CC1=CCC(C)(C(c2ccc(C)cc2)(c2ccc(C)cc2)c2ccc(C)cc2)C=C1. The Kier molecular flexibility index (Phi) is 5.28. The van der Waals surface area contributed by atoms with Gasteiger partial charge in [-0.1, -0.05) is 120 Å². The van der Waals surface area contributed by atoms with Crippen LogP contribution in [0.5, 0.6) is 0 Å². The second-order valence-electron chi connectivity index (χ2n) is 9.25. The molecule has 0 bridgehead atoms. The Balaban J connectivity index is 2.10. The molecule has 0 saturated carbocycles. The van der Waals surface area contributed by atoms with Crippen molar-refractivity contribution in [1.82, 2.24) is 0 Å². The molecule has 3 aromatic rings. The molecular formula is C30H32. The van der Waals surface area contributed by atoms with E-state index in [1.54, 1.807) is 0 Å². The summed E-state index contributed by atoms with van der Waals surface area (Å²) in [7, 11) is 0. The highest BCUT2D eigenvalue weighted by Gasteiger charge is 2.50. The van der Waals surface area contributed by atoms with Gasteiger partial charge in [-0.05, 0) is 50.8 Å². The number of benzene rings is 3. The van der Waals surface area contributed by atoms with Crippen LogP contribution in [0.1, 0.15) is 53.6 Å². The van der Waals surface area contributed by atoms with Crippen molar-refractivity contribution in [3.8, 4) is 0 Å². The third-order valence-corrected chi connectivity index (χ3v) is 6.87. The largest absolute Gasteiger partial charge is 0.0807 e. The Morgan fingerprint density at radius 1 is 0.600 bits per heavy atom. The van der Waals surface area contributed by atoms with Crippen molar-refractivity contribution in [1.29, 1.82) is 0 Å². The Morgan fingerprint density at radius 3 is 1.27 bits per heavy atom. The molecule has 4 rings (SSSR count). The van der Waals surface area contributed by atoms with Crippen molar-refractivity contribution in [3.05, 3.63) is 130 Å². The third-order valence-electron chi connectivity index (χ3n) is 6.87. The minimum absolute atomic E-state index is 0.0910. The van der Waals surface area contributed by atoms with Crippen LogP contribution in [0.25, 0.3) is 0 Å². The van der Waals surface area contributed by atoms with Crippen molar-refractivity contribution in [2.45, 2.75) is 46.5 Å². The van der Waals surface area contributed by atoms with Crippen molar-refractivity contribution in [2.75, 3.05) is 0 Å². The molecule has 1 aliphatic rings. The smallest absolute Gasteiger partial charge is 0.0542 e. The van der Waals surface area contributed by atoms with Gasteiger partial charge in [0.25, 0.3) is 0 Å². The van der Waals surface area contributed by atoms with Crippen LogP contribution in [0.2, 0.25) is 0 Å². The summed E-state index contributed by atoms with van der Waals surface area (Å²) >= 11 is 0. The predicted octanol–water partition coefficient (Wildman–Crippen LogP) is 7.86. The molecule has 0 heteroatoms. The van der Waals surface area contributed by atoms with Gasteiger partial charge in [0.15, 0.2) is 0 Å². The molecule has 0 fully saturated rings. The normalized spacial score (nSPS) is 18.9. The van der Waals surface area contributed by atoms with E-state index in [4.69, 9.17) is 0 Å². The monoisotopic (exact) mass is 392 g/mol. The molecule has 0 heterocycles. The van der Waals surface area contributed by atoms with Crippen molar-refractivity contribution >= 4 is 0 Å². The van der Waals surface area contributed by atoms with E-state index in [0.717, 1.165) is 6.42 Å². The lowest BCUT2D eigenvalue weighted by Gasteiger charge is -2.50. The Hall–Kier alpha value is -2.86. The minimum Gasteiger partial charge on any atom is -0.0807 e. The quantitative estimate of drug-likeness (QED) is 0.396. The average Bonchev–Trinajstić information content (AvgIpc) is 2.74. The maximum Gasteiger partial charge on any atom is 0.0542 e. The third kappa shape index (κ3) is 3.35. The van der Waals surface area contributed by atoms with E-state index in [-0.39, 0.29) is 10.8 Å². The lowest BCUT2D eigenvalue weighted by molar-refractivity contribution is 0.286. The van der Waals surface area contributed by atoms with E-state index in [1.165, 1.54) is 39.0 Å². The maximum atomic E-state index is 2.45. The standard InChI is InChI=1S/C30H32/c1-22-6-12-26(13-7-22)30(27-14-8-23(2)9-15-27,28-16-10-24(3)11-17-28)29(5)20-18-25(4)19-21-29/h6-20H,21H2,1-5H3. The van der Waals surface area contributed by atoms with Crippen LogP contribution in [0.15, 0.2) is 96.6 Å². The van der Waals surface area contributed by atoms with Gasteiger partial charge in [-0.15, -0.1) is 0 Å². The molecule has 0 nitrogen and oxygen atoms in total. The number of hydrogen-bond acceptors (Lipinski definition) is 0. The van der Waals surface area contributed by atoms with Crippen LogP contribution in [0.3, 0.4) is 0 Å². The number of aryl methyl sites for hydroxylation is 3. The first kappa shape index (κ1) is 20.4. The first-order valence-corrected chi connectivity index (χ1v) is 10.9. The van der Waals surface area contributed by atoms with Gasteiger partial charge >= 0.3 is 0 Å². The highest BCUT2D eigenvalue weighted by molar-refractivity contribution is 5.56. The van der Waals surface area contributed by atoms with Gasteiger partial charge in [0.1, 0.15) is 0 Å². The van der Waals surface area contributed by atoms with Gasteiger partial charge in [0.2, 0.25) is 0 Å². The highest BCUT2D eigenvalue weighted by Crippen LogP contribution is 2.56. The molecule has 0 spiro atoms. The van der Waals surface area contributed by atoms with Crippen molar-refractivity contribution in [3.63, 3.8) is 0 Å². The zero-order valence-corrected chi connectivity index (χ0v) is 18.9. The molecule has 0 N–H and O–H groups in total. The summed E-state index contributed by atoms with van der Waals surface area (Å²) in [6.45, 7) is 11.1. The van der Waals surface area contributed by atoms with Crippen LogP contribution >= 0.6 is 0 Å². The van der Waals surface area contributed by atoms with E-state index in [2.05, 4.69) is 126 Å². The van der Waals surface area contributed by atoms with Crippen LogP contribution in [-0.4, -0.2) is 0 Å². The molecule has 1 unspecified atom stereocenters. The zero-order chi connectivity index (χ0) is 21.4. The first-order valence-electron chi connectivity index (χ1n) is 10.9. The Bertz CT molecular complexity index is 965. The van der Waals surface area contributed by atoms with Gasteiger partial charge in [0.05, 0.1) is 5.41 Å². The topological polar surface area (TPSA) is 0 Å². The number of rotatable bonds is 4. The van der Waals surface area contributed by atoms with Crippen molar-refractivity contribution < 1.29 is 0 Å². The molecule has 1 aliphatic carbocycles. The predicted molar refractivity (Wildman–Crippen MR) is 129 cm³/mol. The van der Waals surface area contributed by atoms with E-state index >= 15 is 0 Å². The summed E-state index contributed by atoms with van der Waals surface area (Å²) in [6.07, 6.45) is 8.15. The molecule has 0 aliphatic heterocycles. The lowest BCUT2D eigenvalue weighted by Crippen LogP contribution is -2.45. The molecule has 0 saturated heterocycles. The molecule has 0 amide bonds. The first-order chi connectivity index (χ1) is 14.3. The van der Waals surface area contributed by atoms with Gasteiger partial charge in [-0.3, -0.25) is 0 Å². The van der Waals surface area contributed by atoms with E-state index in [9.17, 15) is 0 Å². The van der Waals surface area contributed by atoms with Gasteiger partial charge in [0, 0.05) is 5.41 Å². The maximum absolute atomic E-state index is 2.45. The fourth-order valence-corrected chi connectivity index (χ4v) is 5.00. The van der Waals surface area contributed by atoms with E-state index < -0.39 is 0 Å². The van der Waals surface area contributed by atoms with Crippen LogP contribution in [0, 0.1) is 26.2 Å². The van der Waals surface area contributed by atoms with Crippen LogP contribution in [0.4, 0.5) is 0 Å². The Labute approximate surface area is 182 Å². The summed E-state index contributed by atoms with van der Waals surface area (Å²) in [5.41, 5.74) is 8.89.